The Morgan fingerprint density at radius 1 is 0.276 bits per heavy atom. The SMILES string of the molecule is CC/C=C\C/C=C\C/C=C\C/C=C\C/C=C\C/C=C\C/C=C\CCCCCCCCCC(=O)OCC(COC(=O)CCCCCCCCCCCC)OC(=O)CCCCCCCCCCCCCCCCCCCCC. The minimum atomic E-state index is -0.778. The van der Waals surface area contributed by atoms with Crippen LogP contribution in [0, 0.1) is 0 Å². The summed E-state index contributed by atoms with van der Waals surface area (Å²) in [6.45, 7) is 6.54. The van der Waals surface area contributed by atoms with Gasteiger partial charge in [-0.3, -0.25) is 14.4 Å². The van der Waals surface area contributed by atoms with Crippen molar-refractivity contribution in [3.05, 3.63) is 85.1 Å². The van der Waals surface area contributed by atoms with E-state index in [1.807, 2.05) is 0 Å². The maximum atomic E-state index is 12.9. The number of allylic oxidation sites excluding steroid dienone is 14. The Balaban J connectivity index is 4.24. The van der Waals surface area contributed by atoms with Crippen molar-refractivity contribution in [3.8, 4) is 0 Å². The molecule has 0 radical (unpaired) electrons. The molecule has 0 saturated heterocycles. The van der Waals surface area contributed by atoms with Gasteiger partial charge in [0, 0.05) is 19.3 Å². The molecule has 0 bridgehead atoms. The summed E-state index contributed by atoms with van der Waals surface area (Å²) in [7, 11) is 0. The van der Waals surface area contributed by atoms with Gasteiger partial charge in [0.05, 0.1) is 0 Å². The largest absolute Gasteiger partial charge is 0.462 e. The molecule has 76 heavy (non-hydrogen) atoms. The molecule has 6 heteroatoms. The molecule has 0 aromatic heterocycles. The van der Waals surface area contributed by atoms with Crippen LogP contribution in [0.2, 0.25) is 0 Å². The van der Waals surface area contributed by atoms with E-state index in [1.54, 1.807) is 0 Å². The second-order valence-corrected chi connectivity index (χ2v) is 21.7. The summed E-state index contributed by atoms with van der Waals surface area (Å²) in [5.74, 6) is -0.873. The zero-order valence-electron chi connectivity index (χ0n) is 50.3. The van der Waals surface area contributed by atoms with Gasteiger partial charge in [-0.2, -0.15) is 0 Å². The maximum absolute atomic E-state index is 12.9. The highest BCUT2D eigenvalue weighted by Gasteiger charge is 2.19. The van der Waals surface area contributed by atoms with E-state index in [1.165, 1.54) is 173 Å². The minimum Gasteiger partial charge on any atom is -0.462 e. The molecule has 0 heterocycles. The molecule has 0 aliphatic heterocycles. The zero-order valence-corrected chi connectivity index (χ0v) is 50.3. The average molecular weight is 1060 g/mol. The summed E-state index contributed by atoms with van der Waals surface area (Å²) in [6.07, 6.45) is 84.5. The average Bonchev–Trinajstić information content (AvgIpc) is 3.42. The van der Waals surface area contributed by atoms with E-state index in [-0.39, 0.29) is 31.1 Å². The second-order valence-electron chi connectivity index (χ2n) is 21.7. The van der Waals surface area contributed by atoms with Crippen LogP contribution in [0.3, 0.4) is 0 Å². The predicted molar refractivity (Wildman–Crippen MR) is 330 cm³/mol. The highest BCUT2D eigenvalue weighted by Crippen LogP contribution is 2.17. The van der Waals surface area contributed by atoms with Crippen molar-refractivity contribution in [2.75, 3.05) is 13.2 Å². The minimum absolute atomic E-state index is 0.0753. The smallest absolute Gasteiger partial charge is 0.306 e. The predicted octanol–water partition coefficient (Wildman–Crippen LogP) is 22.3. The van der Waals surface area contributed by atoms with Gasteiger partial charge in [-0.25, -0.2) is 0 Å². The van der Waals surface area contributed by atoms with Gasteiger partial charge in [0.1, 0.15) is 13.2 Å². The second kappa shape index (κ2) is 64.1. The number of unbranched alkanes of at least 4 members (excludes halogenated alkanes) is 34. The summed E-state index contributed by atoms with van der Waals surface area (Å²) < 4.78 is 16.9. The first-order chi connectivity index (χ1) is 37.5. The molecule has 0 N–H and O–H groups in total. The molecule has 6 nitrogen and oxygen atoms in total. The van der Waals surface area contributed by atoms with Crippen LogP contribution >= 0.6 is 0 Å². The van der Waals surface area contributed by atoms with E-state index in [2.05, 4.69) is 106 Å². The highest BCUT2D eigenvalue weighted by atomic mass is 16.6. The van der Waals surface area contributed by atoms with Crippen LogP contribution in [0.25, 0.3) is 0 Å². The van der Waals surface area contributed by atoms with Crippen molar-refractivity contribution >= 4 is 17.9 Å². The van der Waals surface area contributed by atoms with Crippen molar-refractivity contribution in [3.63, 3.8) is 0 Å². The monoisotopic (exact) mass is 1060 g/mol. The molecule has 1 atom stereocenters. The normalized spacial score (nSPS) is 12.6. The Labute approximate surface area is 471 Å². The van der Waals surface area contributed by atoms with Crippen LogP contribution in [-0.4, -0.2) is 37.2 Å². The lowest BCUT2D eigenvalue weighted by molar-refractivity contribution is -0.167. The van der Waals surface area contributed by atoms with Crippen LogP contribution in [-0.2, 0) is 28.6 Å². The number of esters is 3. The Hall–Kier alpha value is -3.41. The Morgan fingerprint density at radius 3 is 0.803 bits per heavy atom. The number of hydrogen-bond donors (Lipinski definition) is 0. The van der Waals surface area contributed by atoms with Crippen LogP contribution in [0.15, 0.2) is 85.1 Å². The highest BCUT2D eigenvalue weighted by molar-refractivity contribution is 5.71. The first-order valence-electron chi connectivity index (χ1n) is 32.6. The zero-order chi connectivity index (χ0) is 55.0. The third kappa shape index (κ3) is 61.4. The van der Waals surface area contributed by atoms with E-state index < -0.39 is 6.10 Å². The molecule has 0 aliphatic carbocycles. The summed E-state index contributed by atoms with van der Waals surface area (Å²) in [4.78, 5) is 38.2. The van der Waals surface area contributed by atoms with Crippen molar-refractivity contribution in [1.82, 2.24) is 0 Å². The van der Waals surface area contributed by atoms with Crippen molar-refractivity contribution in [1.29, 1.82) is 0 Å². The van der Waals surface area contributed by atoms with Gasteiger partial charge in [-0.15, -0.1) is 0 Å². The summed E-state index contributed by atoms with van der Waals surface area (Å²) in [5.41, 5.74) is 0. The van der Waals surface area contributed by atoms with Gasteiger partial charge in [0.2, 0.25) is 0 Å². The third-order valence-corrected chi connectivity index (χ3v) is 14.2. The summed E-state index contributed by atoms with van der Waals surface area (Å²) in [6, 6.07) is 0. The molecule has 0 saturated carbocycles. The van der Waals surface area contributed by atoms with Crippen LogP contribution in [0.1, 0.15) is 323 Å². The summed E-state index contributed by atoms with van der Waals surface area (Å²) >= 11 is 0. The quantitative estimate of drug-likeness (QED) is 0.0261. The molecular weight excluding hydrogens is 937 g/mol. The van der Waals surface area contributed by atoms with E-state index in [9.17, 15) is 14.4 Å². The lowest BCUT2D eigenvalue weighted by atomic mass is 10.0. The lowest BCUT2D eigenvalue weighted by Crippen LogP contribution is -2.30. The van der Waals surface area contributed by atoms with Gasteiger partial charge < -0.3 is 14.2 Å². The van der Waals surface area contributed by atoms with Gasteiger partial charge in [-0.05, 0) is 77.0 Å². The number of carbonyl (C=O) groups is 3. The first-order valence-corrected chi connectivity index (χ1v) is 32.6. The van der Waals surface area contributed by atoms with E-state index >= 15 is 0 Å². The van der Waals surface area contributed by atoms with E-state index in [4.69, 9.17) is 14.2 Å². The Morgan fingerprint density at radius 2 is 0.513 bits per heavy atom. The molecule has 0 spiro atoms. The van der Waals surface area contributed by atoms with Gasteiger partial charge >= 0.3 is 17.9 Å². The molecule has 0 rings (SSSR count). The maximum Gasteiger partial charge on any atom is 0.306 e. The fourth-order valence-corrected chi connectivity index (χ4v) is 9.31. The standard InChI is InChI=1S/C70H122O6/c1-4-7-10-13-16-19-22-24-26-28-30-31-32-33-34-35-36-37-38-39-41-42-44-46-48-51-54-57-60-63-69(72)75-66-67(65-74-68(71)62-59-56-53-50-21-18-15-12-9-6-3)76-70(73)64-61-58-55-52-49-47-45-43-40-29-27-25-23-20-17-14-11-8-5-2/h7,10,16,19,24,26,30-31,33-34,36-37,39,41,67H,4-6,8-9,11-15,17-18,20-23,25,27-29,32,35,38,40,42-66H2,1-3H3/b10-7-,19-16-,26-24-,31-30-,34-33-,37-36-,41-39-. The van der Waals surface area contributed by atoms with Crippen LogP contribution in [0.5, 0.6) is 0 Å². The number of hydrogen-bond acceptors (Lipinski definition) is 6. The number of rotatable bonds is 59. The summed E-state index contributed by atoms with van der Waals surface area (Å²) in [5, 5.41) is 0. The van der Waals surface area contributed by atoms with Crippen LogP contribution < -0.4 is 0 Å². The molecule has 1 unspecified atom stereocenters. The Kier molecular flexibility index (Phi) is 61.2. The van der Waals surface area contributed by atoms with Gasteiger partial charge in [-0.1, -0.05) is 311 Å². The van der Waals surface area contributed by atoms with Crippen LogP contribution in [0.4, 0.5) is 0 Å². The molecule has 0 aromatic carbocycles. The number of carbonyl (C=O) groups excluding carboxylic acids is 3. The van der Waals surface area contributed by atoms with Crippen molar-refractivity contribution in [2.45, 2.75) is 329 Å². The fraction of sp³-hybridized carbons (Fsp3) is 0.757. The van der Waals surface area contributed by atoms with Crippen molar-refractivity contribution in [2.24, 2.45) is 0 Å². The molecule has 0 fully saturated rings. The first kappa shape index (κ1) is 72.6. The molecule has 438 valence electrons. The number of ether oxygens (including phenoxy) is 3. The fourth-order valence-electron chi connectivity index (χ4n) is 9.31. The third-order valence-electron chi connectivity index (χ3n) is 14.2. The van der Waals surface area contributed by atoms with Gasteiger partial charge in [0.15, 0.2) is 6.10 Å². The van der Waals surface area contributed by atoms with Crippen molar-refractivity contribution < 1.29 is 28.6 Å². The topological polar surface area (TPSA) is 78.9 Å². The van der Waals surface area contributed by atoms with Gasteiger partial charge in [0.25, 0.3) is 0 Å². The van der Waals surface area contributed by atoms with E-state index in [0.29, 0.717) is 19.3 Å². The molecule has 0 aliphatic rings. The molecule has 0 amide bonds. The van der Waals surface area contributed by atoms with E-state index in [0.717, 1.165) is 109 Å². The lowest BCUT2D eigenvalue weighted by Gasteiger charge is -2.18. The molecular formula is C70H122O6. The molecule has 0 aromatic rings. The Bertz CT molecular complexity index is 1450.